The number of hydrogen-bond acceptors (Lipinski definition) is 5. The first-order valence-electron chi connectivity index (χ1n) is 12.1. The molecule has 9 heteroatoms. The Hall–Kier alpha value is -3.71. The third kappa shape index (κ3) is 8.14. The third-order valence-corrected chi connectivity index (χ3v) is 6.30. The van der Waals surface area contributed by atoms with Gasteiger partial charge in [-0.1, -0.05) is 71.2 Å². The second-order valence-electron chi connectivity index (χ2n) is 8.27. The fourth-order valence-corrected chi connectivity index (χ4v) is 4.19. The number of amides is 1. The topological polar surface area (TPSA) is 69.2 Å². The van der Waals surface area contributed by atoms with Gasteiger partial charge in [0.15, 0.2) is 11.5 Å². The quantitative estimate of drug-likeness (QED) is 0.144. The van der Waals surface area contributed by atoms with Crippen molar-refractivity contribution in [3.8, 4) is 17.2 Å². The van der Waals surface area contributed by atoms with Gasteiger partial charge in [-0.25, -0.2) is 5.43 Å². The standard InChI is InChI=1S/C30H25Cl3N2O4/c1-2-37-29-15-21(9-12-28(29)38-18-20-6-4-3-5-7-20)30(36)35-34-17-23-14-24(31)11-13-27(23)39-19-22-8-10-25(32)16-26(22)33/h3-17H,2,18-19H2,1H3,(H,35,36)/b34-17+. The minimum atomic E-state index is -0.417. The highest BCUT2D eigenvalue weighted by atomic mass is 35.5. The predicted molar refractivity (Wildman–Crippen MR) is 156 cm³/mol. The lowest BCUT2D eigenvalue weighted by atomic mass is 10.2. The second-order valence-corrected chi connectivity index (χ2v) is 9.55. The molecule has 0 aliphatic rings. The van der Waals surface area contributed by atoms with Gasteiger partial charge in [-0.15, -0.1) is 0 Å². The summed E-state index contributed by atoms with van der Waals surface area (Å²) in [5.74, 6) is 1.11. The summed E-state index contributed by atoms with van der Waals surface area (Å²) >= 11 is 18.4. The maximum atomic E-state index is 12.8. The molecule has 4 rings (SSSR count). The summed E-state index contributed by atoms with van der Waals surface area (Å²) in [6.45, 7) is 2.88. The van der Waals surface area contributed by atoms with Gasteiger partial charge < -0.3 is 14.2 Å². The average Bonchev–Trinajstić information content (AvgIpc) is 2.93. The smallest absolute Gasteiger partial charge is 0.271 e. The number of carbonyl (C=O) groups is 1. The van der Waals surface area contributed by atoms with Crippen LogP contribution < -0.4 is 19.6 Å². The summed E-state index contributed by atoms with van der Waals surface area (Å²) in [5, 5.41) is 5.64. The Labute approximate surface area is 242 Å². The molecule has 4 aromatic rings. The van der Waals surface area contributed by atoms with Crippen LogP contribution >= 0.6 is 34.8 Å². The molecule has 200 valence electrons. The first-order chi connectivity index (χ1) is 18.9. The number of hydrogen-bond donors (Lipinski definition) is 1. The molecule has 0 unspecified atom stereocenters. The lowest BCUT2D eigenvalue weighted by molar-refractivity contribution is 0.0954. The Morgan fingerprint density at radius 3 is 2.28 bits per heavy atom. The maximum Gasteiger partial charge on any atom is 0.271 e. The van der Waals surface area contributed by atoms with E-state index in [-0.39, 0.29) is 6.61 Å². The zero-order valence-corrected chi connectivity index (χ0v) is 23.3. The molecule has 0 aliphatic heterocycles. The van der Waals surface area contributed by atoms with Crippen LogP contribution in [0.15, 0.2) is 90.0 Å². The van der Waals surface area contributed by atoms with E-state index < -0.39 is 5.91 Å². The minimum Gasteiger partial charge on any atom is -0.490 e. The predicted octanol–water partition coefficient (Wildman–Crippen LogP) is 7.97. The minimum absolute atomic E-state index is 0.212. The van der Waals surface area contributed by atoms with Crippen LogP contribution in [0.4, 0.5) is 0 Å². The molecule has 0 fully saturated rings. The Morgan fingerprint density at radius 1 is 0.795 bits per heavy atom. The number of carbonyl (C=O) groups excluding carboxylic acids is 1. The number of nitrogens with one attached hydrogen (secondary N) is 1. The molecule has 6 nitrogen and oxygen atoms in total. The van der Waals surface area contributed by atoms with Crippen molar-refractivity contribution in [2.75, 3.05) is 6.61 Å². The molecular weight excluding hydrogens is 559 g/mol. The van der Waals surface area contributed by atoms with Crippen LogP contribution in [0.1, 0.15) is 34.0 Å². The van der Waals surface area contributed by atoms with Crippen LogP contribution in [-0.2, 0) is 13.2 Å². The van der Waals surface area contributed by atoms with E-state index >= 15 is 0 Å². The van der Waals surface area contributed by atoms with Gasteiger partial charge >= 0.3 is 0 Å². The van der Waals surface area contributed by atoms with Crippen molar-refractivity contribution in [1.82, 2.24) is 5.43 Å². The number of nitrogens with zero attached hydrogens (tertiary/aromatic N) is 1. The molecule has 0 saturated carbocycles. The van der Waals surface area contributed by atoms with Gasteiger partial charge in [0.2, 0.25) is 0 Å². The summed E-state index contributed by atoms with van der Waals surface area (Å²) in [7, 11) is 0. The van der Waals surface area contributed by atoms with Crippen molar-refractivity contribution in [3.63, 3.8) is 0 Å². The summed E-state index contributed by atoms with van der Waals surface area (Å²) in [6.07, 6.45) is 1.46. The van der Waals surface area contributed by atoms with Gasteiger partial charge in [-0.05, 0) is 61.0 Å². The average molecular weight is 584 g/mol. The first-order valence-corrected chi connectivity index (χ1v) is 13.2. The van der Waals surface area contributed by atoms with E-state index in [0.717, 1.165) is 11.1 Å². The van der Waals surface area contributed by atoms with E-state index in [4.69, 9.17) is 49.0 Å². The van der Waals surface area contributed by atoms with Crippen molar-refractivity contribution in [3.05, 3.63) is 122 Å². The van der Waals surface area contributed by atoms with E-state index in [0.29, 0.717) is 56.7 Å². The van der Waals surface area contributed by atoms with Gasteiger partial charge in [0.05, 0.1) is 12.8 Å². The van der Waals surface area contributed by atoms with Gasteiger partial charge in [0, 0.05) is 31.8 Å². The monoisotopic (exact) mass is 582 g/mol. The van der Waals surface area contributed by atoms with Crippen LogP contribution in [0.3, 0.4) is 0 Å². The largest absolute Gasteiger partial charge is 0.490 e. The molecule has 0 heterocycles. The molecule has 39 heavy (non-hydrogen) atoms. The van der Waals surface area contributed by atoms with Crippen LogP contribution in [0.2, 0.25) is 15.1 Å². The number of ether oxygens (including phenoxy) is 3. The maximum absolute atomic E-state index is 12.8. The summed E-state index contributed by atoms with van der Waals surface area (Å²) < 4.78 is 17.6. The van der Waals surface area contributed by atoms with Crippen molar-refractivity contribution < 1.29 is 19.0 Å². The Bertz CT molecular complexity index is 1460. The van der Waals surface area contributed by atoms with Gasteiger partial charge in [-0.2, -0.15) is 5.10 Å². The SMILES string of the molecule is CCOc1cc(C(=O)N/N=C/c2cc(Cl)ccc2OCc2ccc(Cl)cc2Cl)ccc1OCc1ccccc1. The molecule has 0 bridgehead atoms. The van der Waals surface area contributed by atoms with Gasteiger partial charge in [0.1, 0.15) is 19.0 Å². The van der Waals surface area contributed by atoms with Crippen LogP contribution in [0.5, 0.6) is 17.2 Å². The first kappa shape index (κ1) is 28.3. The highest BCUT2D eigenvalue weighted by molar-refractivity contribution is 6.35. The van der Waals surface area contributed by atoms with Crippen molar-refractivity contribution in [1.29, 1.82) is 0 Å². The molecule has 0 saturated heterocycles. The molecule has 0 spiro atoms. The van der Waals surface area contributed by atoms with Crippen LogP contribution in [0.25, 0.3) is 0 Å². The zero-order valence-electron chi connectivity index (χ0n) is 21.0. The third-order valence-electron chi connectivity index (χ3n) is 5.48. The Kier molecular flexibility index (Phi) is 10.1. The lowest BCUT2D eigenvalue weighted by Gasteiger charge is -2.13. The summed E-state index contributed by atoms with van der Waals surface area (Å²) in [6, 6.07) is 25.1. The van der Waals surface area contributed by atoms with E-state index in [1.54, 1.807) is 54.6 Å². The van der Waals surface area contributed by atoms with Crippen LogP contribution in [-0.4, -0.2) is 18.7 Å². The molecule has 1 amide bonds. The van der Waals surface area contributed by atoms with Crippen LogP contribution in [0, 0.1) is 0 Å². The highest BCUT2D eigenvalue weighted by Gasteiger charge is 2.12. The molecule has 0 radical (unpaired) electrons. The number of benzene rings is 4. The Morgan fingerprint density at radius 2 is 1.51 bits per heavy atom. The van der Waals surface area contributed by atoms with E-state index in [1.807, 2.05) is 37.3 Å². The normalized spacial score (nSPS) is 10.9. The van der Waals surface area contributed by atoms with E-state index in [2.05, 4.69) is 10.5 Å². The van der Waals surface area contributed by atoms with Crippen molar-refractivity contribution >= 4 is 46.9 Å². The fourth-order valence-electron chi connectivity index (χ4n) is 3.54. The van der Waals surface area contributed by atoms with Gasteiger partial charge in [0.25, 0.3) is 5.91 Å². The van der Waals surface area contributed by atoms with E-state index in [9.17, 15) is 4.79 Å². The van der Waals surface area contributed by atoms with Crippen molar-refractivity contribution in [2.24, 2.45) is 5.10 Å². The molecule has 4 aromatic carbocycles. The molecular formula is C30H25Cl3N2O4. The zero-order chi connectivity index (χ0) is 27.6. The Balaban J connectivity index is 1.42. The second kappa shape index (κ2) is 13.9. The van der Waals surface area contributed by atoms with Crippen molar-refractivity contribution in [2.45, 2.75) is 20.1 Å². The fraction of sp³-hybridized carbons (Fsp3) is 0.133. The molecule has 0 atom stereocenters. The number of rotatable bonds is 11. The lowest BCUT2D eigenvalue weighted by Crippen LogP contribution is -2.18. The number of halogens is 3. The summed E-state index contributed by atoms with van der Waals surface area (Å²) in [4.78, 5) is 12.8. The molecule has 0 aromatic heterocycles. The van der Waals surface area contributed by atoms with E-state index in [1.165, 1.54) is 6.21 Å². The summed E-state index contributed by atoms with van der Waals surface area (Å²) in [5.41, 5.74) is 5.27. The number of hydrazone groups is 1. The van der Waals surface area contributed by atoms with Gasteiger partial charge in [-0.3, -0.25) is 4.79 Å². The molecule has 0 aliphatic carbocycles. The molecule has 1 N–H and O–H groups in total. The highest BCUT2D eigenvalue weighted by Crippen LogP contribution is 2.30.